The molecule has 0 aromatic heterocycles. The third-order valence-corrected chi connectivity index (χ3v) is 5.14. The molecule has 1 aliphatic rings. The lowest BCUT2D eigenvalue weighted by Crippen LogP contribution is -2.69. The molecule has 0 heterocycles. The Morgan fingerprint density at radius 2 is 1.64 bits per heavy atom. The summed E-state index contributed by atoms with van der Waals surface area (Å²) in [6.07, 6.45) is 2.82. The van der Waals surface area contributed by atoms with Crippen LogP contribution in [0.1, 0.15) is 74.1 Å². The van der Waals surface area contributed by atoms with E-state index < -0.39 is 22.7 Å². The highest BCUT2D eigenvalue weighted by atomic mass is 16.4. The standard InChI is InChI=1S/C21H37N3O4/c1-9-10-11-21(22-14(2)25,17(26)23-19(3,4)5)15-12-16(13-15)24(18(27)28)20(6,7)8/h9,15-16H,1,10-13H2,2-8H3,(H,22,25)(H,23,26)(H,27,28)/t15-,16-,21-/m1/s1. The number of rotatable bonds is 7. The van der Waals surface area contributed by atoms with Gasteiger partial charge >= 0.3 is 6.09 Å². The fraction of sp³-hybridized carbons (Fsp3) is 0.762. The Hall–Kier alpha value is -2.05. The maximum atomic E-state index is 13.3. The van der Waals surface area contributed by atoms with Crippen molar-refractivity contribution in [3.8, 4) is 0 Å². The molecule has 7 heteroatoms. The molecule has 0 spiro atoms. The number of amides is 3. The van der Waals surface area contributed by atoms with Gasteiger partial charge in [-0.15, -0.1) is 6.58 Å². The van der Waals surface area contributed by atoms with Crippen molar-refractivity contribution in [2.24, 2.45) is 5.92 Å². The monoisotopic (exact) mass is 395 g/mol. The van der Waals surface area contributed by atoms with Crippen LogP contribution in [0.4, 0.5) is 4.79 Å². The summed E-state index contributed by atoms with van der Waals surface area (Å²) in [7, 11) is 0. The summed E-state index contributed by atoms with van der Waals surface area (Å²) in [5.41, 5.74) is -2.06. The number of allylic oxidation sites excluding steroid dienone is 1. The smallest absolute Gasteiger partial charge is 0.407 e. The summed E-state index contributed by atoms with van der Waals surface area (Å²) in [5.74, 6) is -0.645. The Morgan fingerprint density at radius 1 is 1.11 bits per heavy atom. The van der Waals surface area contributed by atoms with Gasteiger partial charge in [-0.25, -0.2) is 4.79 Å². The van der Waals surface area contributed by atoms with Crippen LogP contribution in [0.15, 0.2) is 12.7 Å². The lowest BCUT2D eigenvalue weighted by Gasteiger charge is -2.53. The van der Waals surface area contributed by atoms with E-state index in [-0.39, 0.29) is 23.8 Å². The van der Waals surface area contributed by atoms with Crippen molar-refractivity contribution in [3.63, 3.8) is 0 Å². The molecule has 1 aliphatic carbocycles. The molecule has 1 fully saturated rings. The molecule has 3 N–H and O–H groups in total. The number of carboxylic acid groups (broad SMARTS) is 1. The predicted octanol–water partition coefficient (Wildman–Crippen LogP) is 3.30. The molecule has 0 bridgehead atoms. The fourth-order valence-corrected chi connectivity index (χ4v) is 4.01. The molecule has 0 saturated heterocycles. The molecular weight excluding hydrogens is 358 g/mol. The first-order valence-electron chi connectivity index (χ1n) is 9.88. The summed E-state index contributed by atoms with van der Waals surface area (Å²) >= 11 is 0. The number of carbonyl (C=O) groups is 3. The van der Waals surface area contributed by atoms with Crippen molar-refractivity contribution in [1.29, 1.82) is 0 Å². The van der Waals surface area contributed by atoms with Crippen LogP contribution in [-0.2, 0) is 9.59 Å². The first-order valence-corrected chi connectivity index (χ1v) is 9.88. The average Bonchev–Trinajstić information content (AvgIpc) is 2.42. The molecule has 160 valence electrons. The average molecular weight is 396 g/mol. The van der Waals surface area contributed by atoms with Crippen LogP contribution in [-0.4, -0.2) is 50.6 Å². The van der Waals surface area contributed by atoms with Crippen LogP contribution in [0.3, 0.4) is 0 Å². The molecule has 0 aromatic carbocycles. The molecule has 0 unspecified atom stereocenters. The first-order chi connectivity index (χ1) is 12.6. The molecule has 1 atom stereocenters. The highest BCUT2D eigenvalue weighted by Crippen LogP contribution is 2.44. The fourth-order valence-electron chi connectivity index (χ4n) is 4.01. The SMILES string of the molecule is C=CCC[C@](NC(C)=O)(C(=O)NC(C)(C)C)[C@H]1C[C@H](N(C(=O)O)C(C)(C)C)C1. The molecule has 28 heavy (non-hydrogen) atoms. The van der Waals surface area contributed by atoms with Gasteiger partial charge in [0, 0.05) is 24.0 Å². The van der Waals surface area contributed by atoms with Crippen molar-refractivity contribution >= 4 is 17.9 Å². The second-order valence-electron chi connectivity index (χ2n) is 9.83. The summed E-state index contributed by atoms with van der Waals surface area (Å²) in [6.45, 7) is 16.4. The van der Waals surface area contributed by atoms with Crippen molar-refractivity contribution in [2.75, 3.05) is 0 Å². The topological polar surface area (TPSA) is 98.7 Å². The molecule has 0 aromatic rings. The van der Waals surface area contributed by atoms with Crippen LogP contribution < -0.4 is 10.6 Å². The lowest BCUT2D eigenvalue weighted by molar-refractivity contribution is -0.140. The van der Waals surface area contributed by atoms with Gasteiger partial charge in [0.15, 0.2) is 0 Å². The largest absolute Gasteiger partial charge is 0.465 e. The van der Waals surface area contributed by atoms with Crippen molar-refractivity contribution in [3.05, 3.63) is 12.7 Å². The quantitative estimate of drug-likeness (QED) is 0.576. The maximum Gasteiger partial charge on any atom is 0.407 e. The van der Waals surface area contributed by atoms with Crippen molar-refractivity contribution < 1.29 is 19.5 Å². The Morgan fingerprint density at radius 3 is 2.00 bits per heavy atom. The maximum absolute atomic E-state index is 13.3. The van der Waals surface area contributed by atoms with E-state index in [9.17, 15) is 19.5 Å². The molecule has 1 rings (SSSR count). The molecular formula is C21H37N3O4. The van der Waals surface area contributed by atoms with Gasteiger partial charge in [0.25, 0.3) is 0 Å². The van der Waals surface area contributed by atoms with E-state index in [4.69, 9.17) is 0 Å². The number of hydrogen-bond acceptors (Lipinski definition) is 3. The third kappa shape index (κ3) is 5.72. The van der Waals surface area contributed by atoms with Gasteiger partial charge in [-0.05, 0) is 73.1 Å². The zero-order valence-corrected chi connectivity index (χ0v) is 18.4. The van der Waals surface area contributed by atoms with Gasteiger partial charge < -0.3 is 20.6 Å². The van der Waals surface area contributed by atoms with Crippen molar-refractivity contribution in [2.45, 2.75) is 96.8 Å². The van der Waals surface area contributed by atoms with E-state index in [0.717, 1.165) is 0 Å². The zero-order chi connectivity index (χ0) is 21.9. The molecule has 0 radical (unpaired) electrons. The Kier molecular flexibility index (Phi) is 7.31. The molecule has 0 aliphatic heterocycles. The lowest BCUT2D eigenvalue weighted by atomic mass is 9.64. The third-order valence-electron chi connectivity index (χ3n) is 5.14. The van der Waals surface area contributed by atoms with E-state index >= 15 is 0 Å². The highest BCUT2D eigenvalue weighted by molar-refractivity contribution is 5.92. The van der Waals surface area contributed by atoms with E-state index in [1.807, 2.05) is 41.5 Å². The summed E-state index contributed by atoms with van der Waals surface area (Å²) < 4.78 is 0. The minimum Gasteiger partial charge on any atom is -0.465 e. The Bertz CT molecular complexity index is 612. The predicted molar refractivity (Wildman–Crippen MR) is 110 cm³/mol. The molecule has 3 amide bonds. The van der Waals surface area contributed by atoms with Crippen LogP contribution in [0.2, 0.25) is 0 Å². The van der Waals surface area contributed by atoms with E-state index in [1.165, 1.54) is 11.8 Å². The van der Waals surface area contributed by atoms with E-state index in [2.05, 4.69) is 17.2 Å². The minimum absolute atomic E-state index is 0.145. The summed E-state index contributed by atoms with van der Waals surface area (Å²) in [4.78, 5) is 38.5. The number of hydrogen-bond donors (Lipinski definition) is 3. The van der Waals surface area contributed by atoms with Crippen LogP contribution in [0, 0.1) is 5.92 Å². The Labute approximate surface area is 168 Å². The summed E-state index contributed by atoms with van der Waals surface area (Å²) in [6, 6.07) is -0.179. The first kappa shape index (κ1) is 24.0. The summed E-state index contributed by atoms with van der Waals surface area (Å²) in [5, 5.41) is 15.6. The molecule has 1 saturated carbocycles. The van der Waals surface area contributed by atoms with Gasteiger partial charge in [0.1, 0.15) is 5.54 Å². The van der Waals surface area contributed by atoms with Gasteiger partial charge in [0.2, 0.25) is 11.8 Å². The van der Waals surface area contributed by atoms with Gasteiger partial charge in [-0.1, -0.05) is 6.08 Å². The van der Waals surface area contributed by atoms with E-state index in [0.29, 0.717) is 25.7 Å². The van der Waals surface area contributed by atoms with Crippen LogP contribution >= 0.6 is 0 Å². The van der Waals surface area contributed by atoms with E-state index in [1.54, 1.807) is 6.08 Å². The minimum atomic E-state index is -1.08. The van der Waals surface area contributed by atoms with Crippen LogP contribution in [0.5, 0.6) is 0 Å². The van der Waals surface area contributed by atoms with Crippen molar-refractivity contribution in [1.82, 2.24) is 15.5 Å². The van der Waals surface area contributed by atoms with Gasteiger partial charge in [0.05, 0.1) is 0 Å². The molecule has 7 nitrogen and oxygen atoms in total. The second kappa shape index (κ2) is 8.53. The second-order valence-corrected chi connectivity index (χ2v) is 9.83. The highest BCUT2D eigenvalue weighted by Gasteiger charge is 2.54. The normalized spacial score (nSPS) is 21.7. The van der Waals surface area contributed by atoms with Gasteiger partial charge in [-0.3, -0.25) is 9.59 Å². The van der Waals surface area contributed by atoms with Crippen LogP contribution in [0.25, 0.3) is 0 Å². The zero-order valence-electron chi connectivity index (χ0n) is 18.4. The number of carbonyl (C=O) groups excluding carboxylic acids is 2. The van der Waals surface area contributed by atoms with Gasteiger partial charge in [-0.2, -0.15) is 0 Å². The number of nitrogens with one attached hydrogen (secondary N) is 2. The Balaban J connectivity index is 3.19. The number of nitrogens with zero attached hydrogens (tertiary/aromatic N) is 1.